The Balaban J connectivity index is 0.00000507. The third-order valence-corrected chi connectivity index (χ3v) is 5.51. The molecular weight excluding hydrogens is 508 g/mol. The highest BCUT2D eigenvalue weighted by atomic mass is 35.5. The first kappa shape index (κ1) is 30.6. The Morgan fingerprint density at radius 1 is 0.842 bits per heavy atom. The number of ether oxygens (including phenoxy) is 2. The van der Waals surface area contributed by atoms with Gasteiger partial charge in [0.1, 0.15) is 13.2 Å². The molecule has 0 bridgehead atoms. The van der Waals surface area contributed by atoms with Crippen molar-refractivity contribution in [2.75, 3.05) is 11.9 Å². The number of hydrogen-bond donors (Lipinski definition) is 4. The number of aliphatic hydroxyl groups excluding tert-OH is 1. The minimum absolute atomic E-state index is 0. The Morgan fingerprint density at radius 2 is 1.37 bits per heavy atom. The first-order valence-electron chi connectivity index (χ1n) is 12.3. The predicted molar refractivity (Wildman–Crippen MR) is 149 cm³/mol. The highest BCUT2D eigenvalue weighted by molar-refractivity contribution is 5.93. The van der Waals surface area contributed by atoms with Gasteiger partial charge in [0.25, 0.3) is 0 Å². The number of hydrogen-bond acceptors (Lipinski definition) is 6. The predicted octanol–water partition coefficient (Wildman–Crippen LogP) is 5.10. The molecule has 1 atom stereocenters. The van der Waals surface area contributed by atoms with Crippen LogP contribution in [0.15, 0.2) is 72.8 Å². The lowest BCUT2D eigenvalue weighted by Gasteiger charge is -2.22. The second kappa shape index (κ2) is 15.6. The zero-order valence-corrected chi connectivity index (χ0v) is 22.4. The Labute approximate surface area is 229 Å². The number of aliphatic hydroxyl groups is 1. The molecule has 0 fully saturated rings. The summed E-state index contributed by atoms with van der Waals surface area (Å²) < 4.78 is 12.2. The minimum Gasteiger partial charge on any atom is -0.485 e. The van der Waals surface area contributed by atoms with Crippen molar-refractivity contribution in [3.05, 3.63) is 89.5 Å². The smallest absolute Gasteiger partial charge is 0.303 e. The van der Waals surface area contributed by atoms with Gasteiger partial charge in [0.15, 0.2) is 11.5 Å². The minimum atomic E-state index is -1.06. The molecule has 0 saturated carbocycles. The molecule has 204 valence electrons. The Kier molecular flexibility index (Phi) is 12.6. The standard InChI is InChI=1S/C29H34N2O6.ClH/c1-20(2)30-17-25(32)23-15-26(36-18-21-9-5-3-6-10-21)27(37-19-22-11-7-4-8-12-22)16-24(23)31-28(33)13-14-29(34)35;/h3-12,15-16,20,25,30,32H,13-14,17-19H2,1-2H3,(H,31,33)(H,34,35);1H. The summed E-state index contributed by atoms with van der Waals surface area (Å²) in [7, 11) is 0. The lowest BCUT2D eigenvalue weighted by Crippen LogP contribution is -2.28. The van der Waals surface area contributed by atoms with Gasteiger partial charge in [0.05, 0.1) is 18.2 Å². The molecule has 0 spiro atoms. The third-order valence-electron chi connectivity index (χ3n) is 5.51. The van der Waals surface area contributed by atoms with Gasteiger partial charge < -0.3 is 30.3 Å². The van der Waals surface area contributed by atoms with Crippen LogP contribution in [0, 0.1) is 0 Å². The number of carboxylic acids is 1. The normalized spacial score (nSPS) is 11.4. The zero-order chi connectivity index (χ0) is 26.6. The van der Waals surface area contributed by atoms with Crippen LogP contribution in [0.3, 0.4) is 0 Å². The van der Waals surface area contributed by atoms with E-state index in [4.69, 9.17) is 14.6 Å². The van der Waals surface area contributed by atoms with E-state index >= 15 is 0 Å². The van der Waals surface area contributed by atoms with E-state index in [1.165, 1.54) is 0 Å². The van der Waals surface area contributed by atoms with E-state index in [1.807, 2.05) is 74.5 Å². The maximum atomic E-state index is 12.5. The number of carboxylic acid groups (broad SMARTS) is 1. The molecule has 0 aliphatic carbocycles. The van der Waals surface area contributed by atoms with Crippen LogP contribution in [0.2, 0.25) is 0 Å². The van der Waals surface area contributed by atoms with E-state index in [0.29, 0.717) is 22.7 Å². The van der Waals surface area contributed by atoms with Crippen LogP contribution in [-0.2, 0) is 22.8 Å². The van der Waals surface area contributed by atoms with Crippen molar-refractivity contribution in [3.63, 3.8) is 0 Å². The monoisotopic (exact) mass is 542 g/mol. The number of carbonyl (C=O) groups is 2. The first-order chi connectivity index (χ1) is 17.8. The maximum Gasteiger partial charge on any atom is 0.303 e. The average Bonchev–Trinajstić information content (AvgIpc) is 2.89. The van der Waals surface area contributed by atoms with Crippen LogP contribution in [0.5, 0.6) is 11.5 Å². The van der Waals surface area contributed by atoms with Crippen molar-refractivity contribution in [2.45, 2.75) is 52.0 Å². The molecule has 8 nitrogen and oxygen atoms in total. The van der Waals surface area contributed by atoms with Crippen molar-refractivity contribution >= 4 is 30.0 Å². The van der Waals surface area contributed by atoms with Crippen LogP contribution in [-0.4, -0.2) is 34.7 Å². The van der Waals surface area contributed by atoms with Crippen LogP contribution in [0.4, 0.5) is 5.69 Å². The zero-order valence-electron chi connectivity index (χ0n) is 21.6. The van der Waals surface area contributed by atoms with E-state index in [-0.39, 0.29) is 51.0 Å². The van der Waals surface area contributed by atoms with Gasteiger partial charge in [-0.25, -0.2) is 0 Å². The SMILES string of the molecule is CC(C)NCC(O)c1cc(OCc2ccccc2)c(OCc2ccccc2)cc1NC(=O)CCC(=O)O.Cl. The summed E-state index contributed by atoms with van der Waals surface area (Å²) in [4.78, 5) is 23.4. The summed E-state index contributed by atoms with van der Waals surface area (Å²) in [5.74, 6) is -0.726. The molecule has 38 heavy (non-hydrogen) atoms. The highest BCUT2D eigenvalue weighted by Gasteiger charge is 2.20. The summed E-state index contributed by atoms with van der Waals surface area (Å²) in [6, 6.07) is 22.7. The van der Waals surface area contributed by atoms with Gasteiger partial charge in [-0.05, 0) is 17.2 Å². The number of aliphatic carboxylic acids is 1. The number of nitrogens with one attached hydrogen (secondary N) is 2. The number of benzene rings is 3. The van der Waals surface area contributed by atoms with Gasteiger partial charge in [-0.1, -0.05) is 74.5 Å². The quantitative estimate of drug-likeness (QED) is 0.224. The number of halogens is 1. The molecule has 0 radical (unpaired) electrons. The average molecular weight is 543 g/mol. The fraction of sp³-hybridized carbons (Fsp3) is 0.310. The van der Waals surface area contributed by atoms with Crippen LogP contribution >= 0.6 is 12.4 Å². The van der Waals surface area contributed by atoms with Crippen LogP contribution < -0.4 is 20.1 Å². The molecule has 3 rings (SSSR count). The third kappa shape index (κ3) is 10.0. The Bertz CT molecular complexity index is 1160. The molecule has 9 heteroatoms. The summed E-state index contributed by atoms with van der Waals surface area (Å²) in [5.41, 5.74) is 2.69. The lowest BCUT2D eigenvalue weighted by molar-refractivity contribution is -0.138. The van der Waals surface area contributed by atoms with Crippen LogP contribution in [0.1, 0.15) is 49.5 Å². The van der Waals surface area contributed by atoms with E-state index in [9.17, 15) is 14.7 Å². The van der Waals surface area contributed by atoms with Gasteiger partial charge in [0, 0.05) is 30.6 Å². The fourth-order valence-electron chi connectivity index (χ4n) is 3.55. The number of amides is 1. The topological polar surface area (TPSA) is 117 Å². The second-order valence-electron chi connectivity index (χ2n) is 8.96. The fourth-order valence-corrected chi connectivity index (χ4v) is 3.55. The largest absolute Gasteiger partial charge is 0.485 e. The molecule has 3 aromatic carbocycles. The molecule has 0 aromatic heterocycles. The Hall–Kier alpha value is -3.59. The second-order valence-corrected chi connectivity index (χ2v) is 8.96. The first-order valence-corrected chi connectivity index (χ1v) is 12.3. The van der Waals surface area contributed by atoms with Crippen molar-refractivity contribution < 1.29 is 29.3 Å². The highest BCUT2D eigenvalue weighted by Crippen LogP contribution is 2.37. The van der Waals surface area contributed by atoms with E-state index in [0.717, 1.165) is 11.1 Å². The summed E-state index contributed by atoms with van der Waals surface area (Å²) in [6.45, 7) is 4.74. The van der Waals surface area contributed by atoms with Crippen molar-refractivity contribution in [2.24, 2.45) is 0 Å². The molecular formula is C29H35ClN2O6. The molecule has 0 saturated heterocycles. The summed E-state index contributed by atoms with van der Waals surface area (Å²) in [6.07, 6.45) is -1.45. The molecule has 0 aliphatic rings. The number of anilines is 1. The molecule has 0 aliphatic heterocycles. The molecule has 3 aromatic rings. The molecule has 4 N–H and O–H groups in total. The summed E-state index contributed by atoms with van der Waals surface area (Å²) in [5, 5.41) is 25.9. The van der Waals surface area contributed by atoms with Gasteiger partial charge in [-0.2, -0.15) is 0 Å². The van der Waals surface area contributed by atoms with Gasteiger partial charge in [-0.15, -0.1) is 12.4 Å². The Morgan fingerprint density at radius 3 is 1.87 bits per heavy atom. The van der Waals surface area contributed by atoms with E-state index in [1.54, 1.807) is 12.1 Å². The number of carbonyl (C=O) groups excluding carboxylic acids is 1. The molecule has 1 unspecified atom stereocenters. The van der Waals surface area contributed by atoms with Crippen LogP contribution in [0.25, 0.3) is 0 Å². The number of rotatable bonds is 14. The van der Waals surface area contributed by atoms with E-state index in [2.05, 4.69) is 10.6 Å². The maximum absolute atomic E-state index is 12.5. The summed E-state index contributed by atoms with van der Waals surface area (Å²) >= 11 is 0. The van der Waals surface area contributed by atoms with Gasteiger partial charge >= 0.3 is 5.97 Å². The van der Waals surface area contributed by atoms with E-state index < -0.39 is 18.0 Å². The van der Waals surface area contributed by atoms with Gasteiger partial charge in [-0.3, -0.25) is 9.59 Å². The van der Waals surface area contributed by atoms with Crippen molar-refractivity contribution in [3.8, 4) is 11.5 Å². The van der Waals surface area contributed by atoms with Gasteiger partial charge in [0.2, 0.25) is 5.91 Å². The van der Waals surface area contributed by atoms with Crippen molar-refractivity contribution in [1.29, 1.82) is 0 Å². The molecule has 0 heterocycles. The lowest BCUT2D eigenvalue weighted by atomic mass is 10.0. The molecule has 1 amide bonds. The van der Waals surface area contributed by atoms with Crippen molar-refractivity contribution in [1.82, 2.24) is 5.32 Å².